The van der Waals surface area contributed by atoms with Crippen LogP contribution in [0, 0.1) is 11.7 Å². The molecule has 1 aliphatic carbocycles. The van der Waals surface area contributed by atoms with Crippen molar-refractivity contribution in [3.8, 4) is 0 Å². The summed E-state index contributed by atoms with van der Waals surface area (Å²) in [5.41, 5.74) is 0.829. The van der Waals surface area contributed by atoms with Gasteiger partial charge in [0, 0.05) is 10.5 Å². The summed E-state index contributed by atoms with van der Waals surface area (Å²) >= 11 is 3.42. The lowest BCUT2D eigenvalue weighted by molar-refractivity contribution is 0.345. The summed E-state index contributed by atoms with van der Waals surface area (Å²) in [6.45, 7) is 3.16. The lowest BCUT2D eigenvalue weighted by atomic mass is 9.92. The van der Waals surface area contributed by atoms with E-state index < -0.39 is 0 Å². The Bertz CT molecular complexity index is 402. The second-order valence-electron chi connectivity index (χ2n) is 5.48. The van der Waals surface area contributed by atoms with E-state index in [-0.39, 0.29) is 5.82 Å². The lowest BCUT2D eigenvalue weighted by Gasteiger charge is -2.24. The fourth-order valence-electron chi connectivity index (χ4n) is 3.17. The first-order valence-electron chi connectivity index (χ1n) is 7.38. The zero-order chi connectivity index (χ0) is 13.7. The predicted molar refractivity (Wildman–Crippen MR) is 81.8 cm³/mol. The number of benzene rings is 1. The van der Waals surface area contributed by atoms with Gasteiger partial charge >= 0.3 is 0 Å². The molecule has 0 aromatic heterocycles. The Morgan fingerprint density at radius 3 is 2.79 bits per heavy atom. The highest BCUT2D eigenvalue weighted by Gasteiger charge is 2.24. The maximum atomic E-state index is 13.7. The van der Waals surface area contributed by atoms with Crippen molar-refractivity contribution in [1.29, 1.82) is 0 Å². The fourth-order valence-corrected chi connectivity index (χ4v) is 3.58. The summed E-state index contributed by atoms with van der Waals surface area (Å²) in [6, 6.07) is 5.77. The molecule has 1 N–H and O–H groups in total. The normalized spacial score (nSPS) is 17.8. The highest BCUT2D eigenvalue weighted by atomic mass is 79.9. The first kappa shape index (κ1) is 15.0. The van der Waals surface area contributed by atoms with Gasteiger partial charge in [-0.05, 0) is 61.9 Å². The van der Waals surface area contributed by atoms with Crippen LogP contribution in [0.1, 0.15) is 44.6 Å². The molecule has 0 heterocycles. The number of nitrogens with one attached hydrogen (secondary N) is 1. The molecule has 1 atom stereocenters. The quantitative estimate of drug-likeness (QED) is 0.799. The molecular formula is C16H23BrFN. The second kappa shape index (κ2) is 7.39. The fraction of sp³-hybridized carbons (Fsp3) is 0.625. The van der Waals surface area contributed by atoms with Gasteiger partial charge in [-0.3, -0.25) is 0 Å². The van der Waals surface area contributed by atoms with Gasteiger partial charge in [-0.2, -0.15) is 0 Å². The zero-order valence-electron chi connectivity index (χ0n) is 11.6. The van der Waals surface area contributed by atoms with Gasteiger partial charge in [0.1, 0.15) is 5.82 Å². The molecule has 0 spiro atoms. The number of halogens is 2. The standard InChI is InChI=1S/C16H23BrFN/c1-2-19-16(12-5-3-4-6-12)10-7-13-11-14(17)8-9-15(13)18/h8-9,11-12,16,19H,2-7,10H2,1H3. The van der Waals surface area contributed by atoms with Gasteiger partial charge in [0.2, 0.25) is 0 Å². The Morgan fingerprint density at radius 1 is 1.37 bits per heavy atom. The first-order valence-corrected chi connectivity index (χ1v) is 8.17. The molecule has 1 saturated carbocycles. The molecule has 1 unspecified atom stereocenters. The van der Waals surface area contributed by atoms with Crippen LogP contribution in [0.25, 0.3) is 0 Å². The Morgan fingerprint density at radius 2 is 2.11 bits per heavy atom. The first-order chi connectivity index (χ1) is 9.20. The van der Waals surface area contributed by atoms with Gasteiger partial charge in [0.25, 0.3) is 0 Å². The molecule has 0 amide bonds. The monoisotopic (exact) mass is 327 g/mol. The van der Waals surface area contributed by atoms with Gasteiger partial charge in [-0.15, -0.1) is 0 Å². The minimum atomic E-state index is -0.0788. The topological polar surface area (TPSA) is 12.0 Å². The van der Waals surface area contributed by atoms with E-state index in [1.54, 1.807) is 12.1 Å². The van der Waals surface area contributed by atoms with Crippen molar-refractivity contribution in [2.24, 2.45) is 5.92 Å². The SMILES string of the molecule is CCNC(CCc1cc(Br)ccc1F)C1CCCC1. The number of rotatable bonds is 6. The van der Waals surface area contributed by atoms with E-state index in [9.17, 15) is 4.39 Å². The molecule has 1 fully saturated rings. The minimum Gasteiger partial charge on any atom is -0.314 e. The van der Waals surface area contributed by atoms with Crippen molar-refractivity contribution in [1.82, 2.24) is 5.32 Å². The molecule has 1 aliphatic rings. The molecule has 0 radical (unpaired) electrons. The molecule has 0 aliphatic heterocycles. The minimum absolute atomic E-state index is 0.0788. The van der Waals surface area contributed by atoms with Crippen molar-refractivity contribution in [2.45, 2.75) is 51.5 Å². The Hall–Kier alpha value is -0.410. The highest BCUT2D eigenvalue weighted by molar-refractivity contribution is 9.10. The largest absolute Gasteiger partial charge is 0.314 e. The Balaban J connectivity index is 1.95. The zero-order valence-corrected chi connectivity index (χ0v) is 13.2. The molecule has 106 valence electrons. The third-order valence-electron chi connectivity index (χ3n) is 4.17. The van der Waals surface area contributed by atoms with Crippen LogP contribution in [0.3, 0.4) is 0 Å². The summed E-state index contributed by atoms with van der Waals surface area (Å²) in [5.74, 6) is 0.708. The average Bonchev–Trinajstić information content (AvgIpc) is 2.92. The third kappa shape index (κ3) is 4.28. The van der Waals surface area contributed by atoms with Crippen LogP contribution < -0.4 is 5.32 Å². The van der Waals surface area contributed by atoms with Crippen LogP contribution in [-0.2, 0) is 6.42 Å². The smallest absolute Gasteiger partial charge is 0.126 e. The van der Waals surface area contributed by atoms with Gasteiger partial charge in [0.15, 0.2) is 0 Å². The van der Waals surface area contributed by atoms with E-state index in [2.05, 4.69) is 28.2 Å². The van der Waals surface area contributed by atoms with Crippen molar-refractivity contribution in [3.05, 3.63) is 34.1 Å². The van der Waals surface area contributed by atoms with Crippen molar-refractivity contribution in [2.75, 3.05) is 6.54 Å². The van der Waals surface area contributed by atoms with Gasteiger partial charge < -0.3 is 5.32 Å². The Labute approximate surface area is 124 Å². The van der Waals surface area contributed by atoms with E-state index in [0.29, 0.717) is 6.04 Å². The summed E-state index contributed by atoms with van der Waals surface area (Å²) < 4.78 is 14.7. The predicted octanol–water partition coefficient (Wildman–Crippen LogP) is 4.69. The van der Waals surface area contributed by atoms with Gasteiger partial charge in [-0.1, -0.05) is 35.7 Å². The van der Waals surface area contributed by atoms with Crippen LogP contribution in [-0.4, -0.2) is 12.6 Å². The van der Waals surface area contributed by atoms with Gasteiger partial charge in [-0.25, -0.2) is 4.39 Å². The van der Waals surface area contributed by atoms with Crippen LogP contribution in [0.5, 0.6) is 0 Å². The number of hydrogen-bond donors (Lipinski definition) is 1. The van der Waals surface area contributed by atoms with E-state index in [1.165, 1.54) is 25.7 Å². The van der Waals surface area contributed by atoms with Crippen LogP contribution >= 0.6 is 15.9 Å². The van der Waals surface area contributed by atoms with E-state index in [4.69, 9.17) is 0 Å². The summed E-state index contributed by atoms with van der Waals surface area (Å²) in [7, 11) is 0. The number of hydrogen-bond acceptors (Lipinski definition) is 1. The molecule has 1 nitrogen and oxygen atoms in total. The Kier molecular flexibility index (Phi) is 5.83. The highest BCUT2D eigenvalue weighted by Crippen LogP contribution is 2.30. The van der Waals surface area contributed by atoms with Crippen LogP contribution in [0.4, 0.5) is 4.39 Å². The van der Waals surface area contributed by atoms with Crippen molar-refractivity contribution < 1.29 is 4.39 Å². The maximum Gasteiger partial charge on any atom is 0.126 e. The van der Waals surface area contributed by atoms with E-state index >= 15 is 0 Å². The van der Waals surface area contributed by atoms with Crippen molar-refractivity contribution >= 4 is 15.9 Å². The molecule has 1 aromatic carbocycles. The molecule has 2 rings (SSSR count). The second-order valence-corrected chi connectivity index (χ2v) is 6.40. The molecule has 3 heteroatoms. The molecular weight excluding hydrogens is 305 g/mol. The summed E-state index contributed by atoms with van der Waals surface area (Å²) in [6.07, 6.45) is 7.23. The van der Waals surface area contributed by atoms with Crippen LogP contribution in [0.2, 0.25) is 0 Å². The summed E-state index contributed by atoms with van der Waals surface area (Å²) in [4.78, 5) is 0. The molecule has 1 aromatic rings. The van der Waals surface area contributed by atoms with E-state index in [1.807, 2.05) is 6.07 Å². The van der Waals surface area contributed by atoms with E-state index in [0.717, 1.165) is 35.3 Å². The van der Waals surface area contributed by atoms with Crippen LogP contribution in [0.15, 0.2) is 22.7 Å². The molecule has 0 bridgehead atoms. The maximum absolute atomic E-state index is 13.7. The number of aryl methyl sites for hydroxylation is 1. The lowest BCUT2D eigenvalue weighted by Crippen LogP contribution is -2.35. The third-order valence-corrected chi connectivity index (χ3v) is 4.66. The average molecular weight is 328 g/mol. The molecule has 0 saturated heterocycles. The summed E-state index contributed by atoms with van der Waals surface area (Å²) in [5, 5.41) is 3.59. The molecule has 19 heavy (non-hydrogen) atoms. The van der Waals surface area contributed by atoms with Crippen molar-refractivity contribution in [3.63, 3.8) is 0 Å². The van der Waals surface area contributed by atoms with Gasteiger partial charge in [0.05, 0.1) is 0 Å².